The highest BCUT2D eigenvalue weighted by molar-refractivity contribution is 5.56. The standard InChI is InChI=1S/C6H10N2O4/c1-11-7-3-4-8(5-7,12-2)6(9)10/h3-4H,5H2,1-2H3/p+1. The second kappa shape index (κ2) is 3.10. The van der Waals surface area contributed by atoms with Gasteiger partial charge in [-0.2, -0.15) is 9.63 Å². The Bertz CT molecular complexity index is 218. The maximum atomic E-state index is 10.7. The van der Waals surface area contributed by atoms with Crippen LogP contribution < -0.4 is 0 Å². The van der Waals surface area contributed by atoms with Crippen LogP contribution in [0.2, 0.25) is 0 Å². The molecule has 0 aliphatic carbocycles. The molecule has 1 amide bonds. The van der Waals surface area contributed by atoms with Gasteiger partial charge in [-0.3, -0.25) is 4.84 Å². The predicted octanol–water partition coefficient (Wildman–Crippen LogP) is 0.348. The van der Waals surface area contributed by atoms with Crippen LogP contribution in [0, 0.1) is 0 Å². The summed E-state index contributed by atoms with van der Waals surface area (Å²) in [6.07, 6.45) is 1.83. The molecule has 0 spiro atoms. The minimum Gasteiger partial charge on any atom is -0.433 e. The highest BCUT2D eigenvalue weighted by Crippen LogP contribution is 2.18. The number of quaternary nitrogens is 1. The third kappa shape index (κ3) is 1.27. The minimum atomic E-state index is -1.08. The van der Waals surface area contributed by atoms with E-state index in [0.717, 1.165) is 0 Å². The molecule has 0 bridgehead atoms. The first-order chi connectivity index (χ1) is 5.64. The topological polar surface area (TPSA) is 59.0 Å². The van der Waals surface area contributed by atoms with Crippen molar-refractivity contribution in [1.29, 1.82) is 0 Å². The molecule has 0 saturated carbocycles. The van der Waals surface area contributed by atoms with Crippen molar-refractivity contribution in [3.63, 3.8) is 0 Å². The monoisotopic (exact) mass is 175 g/mol. The summed E-state index contributed by atoms with van der Waals surface area (Å²) < 4.78 is -0.589. The lowest BCUT2D eigenvalue weighted by Gasteiger charge is -2.21. The zero-order valence-electron chi connectivity index (χ0n) is 6.93. The lowest BCUT2D eigenvalue weighted by atomic mass is 10.8. The Morgan fingerprint density at radius 1 is 1.67 bits per heavy atom. The van der Waals surface area contributed by atoms with Crippen molar-refractivity contribution in [2.45, 2.75) is 0 Å². The fourth-order valence-corrected chi connectivity index (χ4v) is 0.923. The van der Waals surface area contributed by atoms with Crippen LogP contribution in [-0.4, -0.2) is 41.8 Å². The maximum Gasteiger partial charge on any atom is 0.553 e. The van der Waals surface area contributed by atoms with Gasteiger partial charge in [0.15, 0.2) is 6.20 Å². The second-order valence-corrected chi connectivity index (χ2v) is 2.30. The molecule has 1 atom stereocenters. The molecule has 0 aromatic rings. The van der Waals surface area contributed by atoms with Crippen molar-refractivity contribution in [2.75, 3.05) is 20.9 Å². The predicted molar refractivity (Wildman–Crippen MR) is 38.1 cm³/mol. The van der Waals surface area contributed by atoms with Crippen LogP contribution in [0.5, 0.6) is 0 Å². The number of carboxylic acid groups (broad SMARTS) is 1. The molecule has 6 nitrogen and oxygen atoms in total. The summed E-state index contributed by atoms with van der Waals surface area (Å²) in [6.45, 7) is 0.113. The lowest BCUT2D eigenvalue weighted by Crippen LogP contribution is -2.47. The summed E-state index contributed by atoms with van der Waals surface area (Å²) in [5.74, 6) is 0. The van der Waals surface area contributed by atoms with E-state index < -0.39 is 10.7 Å². The van der Waals surface area contributed by atoms with Crippen molar-refractivity contribution in [1.82, 2.24) is 5.06 Å². The van der Waals surface area contributed by atoms with Crippen LogP contribution in [0.15, 0.2) is 12.4 Å². The highest BCUT2D eigenvalue weighted by atomic mass is 16.8. The molecule has 1 aliphatic rings. The largest absolute Gasteiger partial charge is 0.553 e. The molecule has 1 N–H and O–H groups in total. The van der Waals surface area contributed by atoms with Gasteiger partial charge in [0.2, 0.25) is 6.67 Å². The van der Waals surface area contributed by atoms with Crippen molar-refractivity contribution >= 4 is 6.09 Å². The summed E-state index contributed by atoms with van der Waals surface area (Å²) in [7, 11) is 2.79. The number of hydrogen-bond donors (Lipinski definition) is 1. The van der Waals surface area contributed by atoms with Crippen molar-refractivity contribution < 1.29 is 24.2 Å². The quantitative estimate of drug-likeness (QED) is 0.613. The van der Waals surface area contributed by atoms with E-state index in [-0.39, 0.29) is 6.67 Å². The van der Waals surface area contributed by atoms with E-state index in [1.807, 2.05) is 0 Å². The molecule has 68 valence electrons. The molecule has 1 rings (SSSR count). The number of carbonyl (C=O) groups is 1. The van der Waals surface area contributed by atoms with Gasteiger partial charge < -0.3 is 5.11 Å². The maximum absolute atomic E-state index is 10.7. The van der Waals surface area contributed by atoms with Crippen molar-refractivity contribution in [2.24, 2.45) is 0 Å². The summed E-state index contributed by atoms with van der Waals surface area (Å²) in [5.41, 5.74) is 0. The Labute approximate surface area is 69.7 Å². The summed E-state index contributed by atoms with van der Waals surface area (Å²) >= 11 is 0. The van der Waals surface area contributed by atoms with Gasteiger partial charge >= 0.3 is 6.09 Å². The van der Waals surface area contributed by atoms with E-state index in [9.17, 15) is 4.79 Å². The Kier molecular flexibility index (Phi) is 2.32. The number of nitrogens with zero attached hydrogens (tertiary/aromatic N) is 2. The summed E-state index contributed by atoms with van der Waals surface area (Å²) in [4.78, 5) is 20.4. The van der Waals surface area contributed by atoms with Crippen molar-refractivity contribution in [3.05, 3.63) is 12.4 Å². The fourth-order valence-electron chi connectivity index (χ4n) is 0.923. The van der Waals surface area contributed by atoms with Gasteiger partial charge in [0, 0.05) is 0 Å². The molecule has 1 heterocycles. The van der Waals surface area contributed by atoms with Gasteiger partial charge in [-0.15, -0.1) is 0 Å². The Morgan fingerprint density at radius 3 is 2.58 bits per heavy atom. The highest BCUT2D eigenvalue weighted by Gasteiger charge is 2.42. The van der Waals surface area contributed by atoms with Crippen LogP contribution >= 0.6 is 0 Å². The van der Waals surface area contributed by atoms with Gasteiger partial charge in [0.05, 0.1) is 20.4 Å². The van der Waals surface area contributed by atoms with Gasteiger partial charge in [-0.25, -0.2) is 5.06 Å². The van der Waals surface area contributed by atoms with E-state index in [0.29, 0.717) is 0 Å². The zero-order valence-corrected chi connectivity index (χ0v) is 6.93. The Balaban J connectivity index is 2.74. The van der Waals surface area contributed by atoms with Gasteiger partial charge in [-0.05, 0) is 4.65 Å². The van der Waals surface area contributed by atoms with E-state index in [1.54, 1.807) is 0 Å². The van der Waals surface area contributed by atoms with E-state index in [1.165, 1.54) is 31.7 Å². The number of amides is 1. The van der Waals surface area contributed by atoms with E-state index >= 15 is 0 Å². The Hall–Kier alpha value is -1.11. The normalized spacial score (nSPS) is 28.0. The number of hydroxylamine groups is 5. The molecule has 0 saturated heterocycles. The molecule has 12 heavy (non-hydrogen) atoms. The average molecular weight is 175 g/mol. The Morgan fingerprint density at radius 2 is 2.33 bits per heavy atom. The van der Waals surface area contributed by atoms with Crippen LogP contribution in [0.3, 0.4) is 0 Å². The lowest BCUT2D eigenvalue weighted by molar-refractivity contribution is -1.00. The van der Waals surface area contributed by atoms with E-state index in [4.69, 9.17) is 14.8 Å². The summed E-state index contributed by atoms with van der Waals surface area (Å²) in [5, 5.41) is 10.2. The fraction of sp³-hybridized carbons (Fsp3) is 0.500. The first kappa shape index (κ1) is 8.98. The molecule has 0 aromatic carbocycles. The molecule has 0 aromatic heterocycles. The smallest absolute Gasteiger partial charge is 0.433 e. The van der Waals surface area contributed by atoms with Crippen LogP contribution in [0.25, 0.3) is 0 Å². The second-order valence-electron chi connectivity index (χ2n) is 2.30. The molecule has 1 aliphatic heterocycles. The van der Waals surface area contributed by atoms with Gasteiger partial charge in [0.1, 0.15) is 0 Å². The minimum absolute atomic E-state index is 0.113. The first-order valence-corrected chi connectivity index (χ1v) is 3.32. The zero-order chi connectivity index (χ0) is 9.19. The van der Waals surface area contributed by atoms with Crippen LogP contribution in [-0.2, 0) is 9.68 Å². The summed E-state index contributed by atoms with van der Waals surface area (Å²) in [6, 6.07) is 0. The third-order valence-electron chi connectivity index (χ3n) is 1.71. The molecule has 0 radical (unpaired) electrons. The molecular formula is C6H11N2O4+. The van der Waals surface area contributed by atoms with Crippen LogP contribution in [0.1, 0.15) is 0 Å². The third-order valence-corrected chi connectivity index (χ3v) is 1.71. The molecule has 6 heteroatoms. The van der Waals surface area contributed by atoms with Crippen molar-refractivity contribution in [3.8, 4) is 0 Å². The average Bonchev–Trinajstić information content (AvgIpc) is 2.48. The molecular weight excluding hydrogens is 164 g/mol. The number of rotatable bonds is 2. The van der Waals surface area contributed by atoms with E-state index in [2.05, 4.69) is 0 Å². The molecule has 0 fully saturated rings. The van der Waals surface area contributed by atoms with Gasteiger partial charge in [-0.1, -0.05) is 0 Å². The molecule has 1 unspecified atom stereocenters. The van der Waals surface area contributed by atoms with Crippen LogP contribution in [0.4, 0.5) is 4.79 Å². The number of hydrogen-bond acceptors (Lipinski definition) is 4. The van der Waals surface area contributed by atoms with Gasteiger partial charge in [0.25, 0.3) is 0 Å². The first-order valence-electron chi connectivity index (χ1n) is 3.32. The SMILES string of the molecule is CON1C=C[N+](OC)(C(=O)O)C1.